The normalized spacial score (nSPS) is 10.8. The minimum atomic E-state index is 0.549. The molecule has 0 saturated heterocycles. The highest BCUT2D eigenvalue weighted by atomic mass is 14.8. The molecule has 0 fully saturated rings. The van der Waals surface area contributed by atoms with Gasteiger partial charge in [0.1, 0.15) is 5.82 Å². The molecule has 0 spiro atoms. The summed E-state index contributed by atoms with van der Waals surface area (Å²) >= 11 is 0. The summed E-state index contributed by atoms with van der Waals surface area (Å²) in [6.45, 7) is 2.09. The topological polar surface area (TPSA) is 51.8 Å². The Morgan fingerprint density at radius 2 is 2.05 bits per heavy atom. The van der Waals surface area contributed by atoms with Crippen LogP contribution in [0.2, 0.25) is 0 Å². The maximum atomic E-state index is 5.99. The first-order chi connectivity index (χ1) is 9.22. The highest BCUT2D eigenvalue weighted by Crippen LogP contribution is 2.20. The number of hydrogen-bond donors (Lipinski definition) is 1. The van der Waals surface area contributed by atoms with E-state index in [0.29, 0.717) is 5.82 Å². The quantitative estimate of drug-likeness (QED) is 0.759. The van der Waals surface area contributed by atoms with Crippen LogP contribution in [0.4, 0.5) is 5.82 Å². The van der Waals surface area contributed by atoms with Gasteiger partial charge in [0.25, 0.3) is 0 Å². The van der Waals surface area contributed by atoms with Crippen molar-refractivity contribution in [2.75, 3.05) is 5.73 Å². The molecule has 0 unspecified atom stereocenters. The van der Waals surface area contributed by atoms with Crippen LogP contribution in [-0.2, 0) is 6.42 Å². The van der Waals surface area contributed by atoms with E-state index in [1.165, 1.54) is 11.1 Å². The van der Waals surface area contributed by atoms with Gasteiger partial charge in [-0.15, -0.1) is 0 Å². The number of nitrogens with two attached hydrogens (primary N) is 1. The summed E-state index contributed by atoms with van der Waals surface area (Å²) in [7, 11) is 0. The van der Waals surface area contributed by atoms with E-state index in [2.05, 4.69) is 47.2 Å². The van der Waals surface area contributed by atoms with Gasteiger partial charge in [-0.2, -0.15) is 0 Å². The van der Waals surface area contributed by atoms with E-state index >= 15 is 0 Å². The van der Waals surface area contributed by atoms with E-state index in [1.807, 2.05) is 6.07 Å². The minimum Gasteiger partial charge on any atom is -0.383 e. The smallest absolute Gasteiger partial charge is 0.133 e. The molecule has 0 aliphatic rings. The molecular weight excluding hydrogens is 234 g/mol. The zero-order valence-corrected chi connectivity index (χ0v) is 10.8. The second-order valence-corrected chi connectivity index (χ2v) is 4.76. The number of aryl methyl sites for hydroxylation is 1. The Morgan fingerprint density at radius 1 is 1.16 bits per heavy atom. The minimum absolute atomic E-state index is 0.549. The van der Waals surface area contributed by atoms with Crippen molar-refractivity contribution >= 4 is 16.6 Å². The second kappa shape index (κ2) is 4.69. The lowest BCUT2D eigenvalue weighted by Gasteiger charge is -2.06. The number of aromatic nitrogens is 2. The first-order valence-electron chi connectivity index (χ1n) is 6.27. The van der Waals surface area contributed by atoms with Gasteiger partial charge < -0.3 is 5.73 Å². The molecule has 0 amide bonds. The van der Waals surface area contributed by atoms with Gasteiger partial charge in [0.2, 0.25) is 0 Å². The summed E-state index contributed by atoms with van der Waals surface area (Å²) < 4.78 is 0. The Kier molecular flexibility index (Phi) is 2.88. The third-order valence-corrected chi connectivity index (χ3v) is 3.18. The van der Waals surface area contributed by atoms with E-state index in [4.69, 9.17) is 5.73 Å². The van der Waals surface area contributed by atoms with E-state index in [1.54, 1.807) is 12.4 Å². The third kappa shape index (κ3) is 2.40. The molecule has 0 saturated carbocycles. The van der Waals surface area contributed by atoms with Gasteiger partial charge in [-0.3, -0.25) is 4.98 Å². The number of fused-ring (bicyclic) bond motifs is 1. The van der Waals surface area contributed by atoms with Gasteiger partial charge in [-0.25, -0.2) is 4.98 Å². The van der Waals surface area contributed by atoms with Crippen LogP contribution in [0.25, 0.3) is 10.8 Å². The number of benzene rings is 1. The molecule has 2 N–H and O–H groups in total. The van der Waals surface area contributed by atoms with Crippen molar-refractivity contribution in [2.45, 2.75) is 13.3 Å². The van der Waals surface area contributed by atoms with Gasteiger partial charge in [-0.05, 0) is 30.0 Å². The summed E-state index contributed by atoms with van der Waals surface area (Å²) in [6.07, 6.45) is 4.33. The molecule has 3 aromatic rings. The number of nitrogen functional groups attached to an aromatic ring is 1. The maximum absolute atomic E-state index is 5.99. The van der Waals surface area contributed by atoms with Crippen molar-refractivity contribution in [3.8, 4) is 0 Å². The number of nitrogens with zero attached hydrogens (tertiary/aromatic N) is 2. The summed E-state index contributed by atoms with van der Waals surface area (Å²) in [6, 6.07) is 12.5. The zero-order chi connectivity index (χ0) is 13.2. The van der Waals surface area contributed by atoms with Gasteiger partial charge in [0.05, 0.1) is 0 Å². The largest absolute Gasteiger partial charge is 0.383 e. The van der Waals surface area contributed by atoms with Crippen LogP contribution in [-0.4, -0.2) is 9.97 Å². The van der Waals surface area contributed by atoms with Crippen LogP contribution in [0.15, 0.2) is 48.8 Å². The van der Waals surface area contributed by atoms with Crippen molar-refractivity contribution in [3.05, 3.63) is 65.6 Å². The molecule has 3 rings (SSSR count). The number of rotatable bonds is 2. The fourth-order valence-electron chi connectivity index (χ4n) is 2.29. The van der Waals surface area contributed by atoms with Gasteiger partial charge in [0.15, 0.2) is 0 Å². The van der Waals surface area contributed by atoms with Crippen LogP contribution in [0.1, 0.15) is 16.8 Å². The molecule has 0 radical (unpaired) electrons. The SMILES string of the molecule is Cc1cccc(Cc2cc3ccncc3c(N)n2)c1. The molecule has 19 heavy (non-hydrogen) atoms. The van der Waals surface area contributed by atoms with E-state index in [9.17, 15) is 0 Å². The summed E-state index contributed by atoms with van der Waals surface area (Å²) in [5.41, 5.74) is 9.49. The van der Waals surface area contributed by atoms with Crippen LogP contribution in [0.3, 0.4) is 0 Å². The predicted molar refractivity (Wildman–Crippen MR) is 77.9 cm³/mol. The molecule has 0 atom stereocenters. The second-order valence-electron chi connectivity index (χ2n) is 4.76. The lowest BCUT2D eigenvalue weighted by molar-refractivity contribution is 1.09. The van der Waals surface area contributed by atoms with Crippen molar-refractivity contribution in [1.82, 2.24) is 9.97 Å². The Labute approximate surface area is 112 Å². The summed E-state index contributed by atoms with van der Waals surface area (Å²) in [5, 5.41) is 2.00. The standard InChI is InChI=1S/C16H15N3/c1-11-3-2-4-12(7-11)8-14-9-13-5-6-18-10-15(13)16(17)19-14/h2-7,9-10H,8H2,1H3,(H2,17,19). The molecular formula is C16H15N3. The van der Waals surface area contributed by atoms with E-state index in [0.717, 1.165) is 22.9 Å². The molecule has 2 heterocycles. The van der Waals surface area contributed by atoms with Crippen LogP contribution < -0.4 is 5.73 Å². The molecule has 1 aromatic carbocycles. The number of hydrogen-bond acceptors (Lipinski definition) is 3. The number of anilines is 1. The van der Waals surface area contributed by atoms with Crippen LogP contribution in [0.5, 0.6) is 0 Å². The maximum Gasteiger partial charge on any atom is 0.133 e. The van der Waals surface area contributed by atoms with E-state index < -0.39 is 0 Å². The third-order valence-electron chi connectivity index (χ3n) is 3.18. The summed E-state index contributed by atoms with van der Waals surface area (Å²) in [5.74, 6) is 0.549. The highest BCUT2D eigenvalue weighted by Gasteiger charge is 2.04. The first-order valence-corrected chi connectivity index (χ1v) is 6.27. The van der Waals surface area contributed by atoms with Crippen molar-refractivity contribution in [2.24, 2.45) is 0 Å². The molecule has 0 aliphatic carbocycles. The fraction of sp³-hybridized carbons (Fsp3) is 0.125. The van der Waals surface area contributed by atoms with Crippen molar-refractivity contribution in [3.63, 3.8) is 0 Å². The molecule has 2 aromatic heterocycles. The van der Waals surface area contributed by atoms with Crippen molar-refractivity contribution in [1.29, 1.82) is 0 Å². The Balaban J connectivity index is 2.02. The predicted octanol–water partition coefficient (Wildman–Crippen LogP) is 3.11. The van der Waals surface area contributed by atoms with Crippen molar-refractivity contribution < 1.29 is 0 Å². The Bertz CT molecular complexity index is 735. The average molecular weight is 249 g/mol. The average Bonchev–Trinajstić information content (AvgIpc) is 2.39. The zero-order valence-electron chi connectivity index (χ0n) is 10.8. The first kappa shape index (κ1) is 11.7. The lowest BCUT2D eigenvalue weighted by Crippen LogP contribution is -1.99. The van der Waals surface area contributed by atoms with Gasteiger partial charge in [0, 0.05) is 29.9 Å². The molecule has 3 nitrogen and oxygen atoms in total. The van der Waals surface area contributed by atoms with Gasteiger partial charge in [-0.1, -0.05) is 29.8 Å². The van der Waals surface area contributed by atoms with E-state index in [-0.39, 0.29) is 0 Å². The molecule has 0 aliphatic heterocycles. The Morgan fingerprint density at radius 3 is 2.89 bits per heavy atom. The molecule has 0 bridgehead atoms. The number of pyridine rings is 2. The lowest BCUT2D eigenvalue weighted by atomic mass is 10.1. The molecule has 3 heteroatoms. The Hall–Kier alpha value is -2.42. The fourth-order valence-corrected chi connectivity index (χ4v) is 2.29. The highest BCUT2D eigenvalue weighted by molar-refractivity contribution is 5.90. The monoisotopic (exact) mass is 249 g/mol. The van der Waals surface area contributed by atoms with Gasteiger partial charge >= 0.3 is 0 Å². The van der Waals surface area contributed by atoms with Crippen LogP contribution >= 0.6 is 0 Å². The van der Waals surface area contributed by atoms with Crippen LogP contribution in [0, 0.1) is 6.92 Å². The summed E-state index contributed by atoms with van der Waals surface area (Å²) in [4.78, 5) is 8.54. The molecule has 94 valence electrons.